The van der Waals surface area contributed by atoms with E-state index in [1.54, 1.807) is 6.92 Å². The number of benzene rings is 3. The van der Waals surface area contributed by atoms with Gasteiger partial charge in [-0.3, -0.25) is 4.79 Å². The van der Waals surface area contributed by atoms with E-state index in [0.717, 1.165) is 49.2 Å². The summed E-state index contributed by atoms with van der Waals surface area (Å²) in [7, 11) is 0. The van der Waals surface area contributed by atoms with Crippen molar-refractivity contribution in [3.8, 4) is 0 Å². The number of aliphatic carboxylic acids is 1. The molecule has 0 spiro atoms. The number of fused-ring (bicyclic) bond motifs is 13. The van der Waals surface area contributed by atoms with Gasteiger partial charge < -0.3 is 29.4 Å². The number of carbonyl (C=O) groups is 2. The first-order valence-electron chi connectivity index (χ1n) is 11.3. The van der Waals surface area contributed by atoms with Gasteiger partial charge in [0, 0.05) is 34.5 Å². The molecule has 3 N–H and O–H groups in total. The number of amides is 1. The van der Waals surface area contributed by atoms with Crippen molar-refractivity contribution in [3.63, 3.8) is 0 Å². The Balaban J connectivity index is 1.77. The molecule has 8 heteroatoms. The van der Waals surface area contributed by atoms with Gasteiger partial charge in [-0.2, -0.15) is 0 Å². The fourth-order valence-electron chi connectivity index (χ4n) is 6.73. The van der Waals surface area contributed by atoms with Crippen molar-refractivity contribution in [2.24, 2.45) is 0 Å². The minimum atomic E-state index is -2.16. The predicted octanol–water partition coefficient (Wildman–Crippen LogP) is 3.57. The van der Waals surface area contributed by atoms with Crippen LogP contribution in [0.1, 0.15) is 35.5 Å². The molecule has 2 bridgehead atoms. The first-order valence-corrected chi connectivity index (χ1v) is 11.3. The summed E-state index contributed by atoms with van der Waals surface area (Å²) in [5.74, 6) is -1.43. The second kappa shape index (κ2) is 5.43. The van der Waals surface area contributed by atoms with Crippen molar-refractivity contribution in [2.75, 3.05) is 0 Å². The highest BCUT2D eigenvalue weighted by molar-refractivity contribution is 6.31. The molecule has 5 heterocycles. The van der Waals surface area contributed by atoms with Crippen LogP contribution in [0.4, 0.5) is 0 Å². The predicted molar refractivity (Wildman–Crippen MR) is 125 cm³/mol. The Hall–Kier alpha value is -3.88. The largest absolute Gasteiger partial charge is 0.479 e. The Labute approximate surface area is 191 Å². The van der Waals surface area contributed by atoms with Crippen LogP contribution in [0.5, 0.6) is 0 Å². The average molecular weight is 453 g/mol. The van der Waals surface area contributed by atoms with Crippen LogP contribution in [0.25, 0.3) is 43.6 Å². The van der Waals surface area contributed by atoms with Gasteiger partial charge in [-0.25, -0.2) is 4.79 Å². The Morgan fingerprint density at radius 1 is 1.06 bits per heavy atom. The number of para-hydroxylation sites is 2. The van der Waals surface area contributed by atoms with Gasteiger partial charge in [0.25, 0.3) is 5.91 Å². The van der Waals surface area contributed by atoms with E-state index < -0.39 is 23.5 Å². The lowest BCUT2D eigenvalue weighted by Crippen LogP contribution is -2.55. The third-order valence-corrected chi connectivity index (χ3v) is 8.19. The average Bonchev–Trinajstić information content (AvgIpc) is 3.51. The molecule has 1 unspecified atom stereocenters. The number of rotatable bonds is 1. The topological polar surface area (TPSA) is 106 Å². The maximum Gasteiger partial charge on any atom is 0.341 e. The summed E-state index contributed by atoms with van der Waals surface area (Å²) < 4.78 is 10.4. The lowest BCUT2D eigenvalue weighted by atomic mass is 9.89. The van der Waals surface area contributed by atoms with E-state index >= 15 is 0 Å². The van der Waals surface area contributed by atoms with Crippen molar-refractivity contribution in [1.29, 1.82) is 0 Å². The number of nitrogens with zero attached hydrogens (tertiary/aromatic N) is 2. The van der Waals surface area contributed by atoms with Crippen LogP contribution in [0.3, 0.4) is 0 Å². The van der Waals surface area contributed by atoms with Crippen molar-refractivity contribution >= 4 is 55.5 Å². The molecule has 0 saturated carbocycles. The number of carbonyl (C=O) groups excluding carboxylic acids is 1. The zero-order valence-electron chi connectivity index (χ0n) is 18.1. The molecule has 8 rings (SSSR count). The van der Waals surface area contributed by atoms with Crippen LogP contribution in [-0.2, 0) is 21.8 Å². The fourth-order valence-corrected chi connectivity index (χ4v) is 6.73. The molecule has 2 aromatic heterocycles. The number of carboxylic acids is 1. The molecule has 168 valence electrons. The second-order valence-electron chi connectivity index (χ2n) is 9.65. The number of hydrogen-bond donors (Lipinski definition) is 3. The van der Waals surface area contributed by atoms with Gasteiger partial charge in [-0.15, -0.1) is 0 Å². The molecular formula is C26H19N3O5. The summed E-state index contributed by atoms with van der Waals surface area (Å²) in [5.41, 5.74) is 1.05. The Morgan fingerprint density at radius 3 is 2.47 bits per heavy atom. The van der Waals surface area contributed by atoms with E-state index in [-0.39, 0.29) is 12.3 Å². The van der Waals surface area contributed by atoms with Gasteiger partial charge >= 0.3 is 5.97 Å². The maximum absolute atomic E-state index is 13.2. The van der Waals surface area contributed by atoms with Gasteiger partial charge in [0.05, 0.1) is 27.6 Å². The number of hydrogen-bond acceptors (Lipinski definition) is 4. The molecule has 3 aliphatic rings. The molecule has 3 atom stereocenters. The van der Waals surface area contributed by atoms with Gasteiger partial charge in [0.15, 0.2) is 5.72 Å². The standard InChI is InChI=1S/C26H19N3O5/c1-25-26(33,24(31)32)10-17(34-25)28-15-8-4-2-6-12(15)19-20-14(11-27-23(20)30)18-13-7-3-5-9-16(13)29(25)22(18)21(19)28/h2-9,17,33H,10-11H2,1H3,(H,27,30)(H,31,32)/t17-,25+,26?/m1/s1. The van der Waals surface area contributed by atoms with Gasteiger partial charge in [0.2, 0.25) is 5.60 Å². The van der Waals surface area contributed by atoms with Crippen molar-refractivity contribution in [1.82, 2.24) is 14.5 Å². The number of aromatic nitrogens is 2. The summed E-state index contributed by atoms with van der Waals surface area (Å²) in [6, 6.07) is 15.5. The van der Waals surface area contributed by atoms with Crippen LogP contribution < -0.4 is 5.32 Å². The van der Waals surface area contributed by atoms with Gasteiger partial charge in [-0.1, -0.05) is 36.4 Å². The minimum Gasteiger partial charge on any atom is -0.479 e. The number of nitrogens with one attached hydrogen (secondary N) is 1. The molecule has 1 fully saturated rings. The first-order chi connectivity index (χ1) is 16.4. The van der Waals surface area contributed by atoms with E-state index in [2.05, 4.69) is 5.32 Å². The molecule has 1 amide bonds. The van der Waals surface area contributed by atoms with Gasteiger partial charge in [0.1, 0.15) is 6.23 Å². The molecular weight excluding hydrogens is 434 g/mol. The van der Waals surface area contributed by atoms with Crippen molar-refractivity contribution in [3.05, 3.63) is 59.7 Å². The zero-order chi connectivity index (χ0) is 23.1. The first kappa shape index (κ1) is 18.5. The molecule has 34 heavy (non-hydrogen) atoms. The smallest absolute Gasteiger partial charge is 0.341 e. The monoisotopic (exact) mass is 453 g/mol. The Morgan fingerprint density at radius 2 is 1.74 bits per heavy atom. The molecule has 8 nitrogen and oxygen atoms in total. The third kappa shape index (κ3) is 1.71. The van der Waals surface area contributed by atoms with E-state index in [4.69, 9.17) is 4.74 Å². The third-order valence-electron chi connectivity index (χ3n) is 8.19. The number of ether oxygens (including phenoxy) is 1. The summed E-state index contributed by atoms with van der Waals surface area (Å²) in [5, 5.41) is 28.4. The van der Waals surface area contributed by atoms with Crippen LogP contribution in [-0.4, -0.2) is 36.8 Å². The molecule has 3 aromatic carbocycles. The summed E-state index contributed by atoms with van der Waals surface area (Å²) in [6.07, 6.45) is -0.846. The van der Waals surface area contributed by atoms with Gasteiger partial charge in [-0.05, 0) is 24.6 Å². The van der Waals surface area contributed by atoms with E-state index in [9.17, 15) is 19.8 Å². The highest BCUT2D eigenvalue weighted by Crippen LogP contribution is 2.57. The van der Waals surface area contributed by atoms with Crippen LogP contribution >= 0.6 is 0 Å². The SMILES string of the molecule is C[C@]12O[C@H](CC1(O)C(=O)O)n1c3ccccc3c3c4c(c5c6ccccc6n2c5c31)CNC4=O. The van der Waals surface area contributed by atoms with E-state index in [1.165, 1.54) is 0 Å². The van der Waals surface area contributed by atoms with Crippen LogP contribution in [0.15, 0.2) is 48.5 Å². The van der Waals surface area contributed by atoms with Crippen LogP contribution in [0, 0.1) is 0 Å². The lowest BCUT2D eigenvalue weighted by Gasteiger charge is -2.36. The van der Waals surface area contributed by atoms with Crippen LogP contribution in [0.2, 0.25) is 0 Å². The van der Waals surface area contributed by atoms with Crippen molar-refractivity contribution in [2.45, 2.75) is 37.4 Å². The normalized spacial score (nSPS) is 27.2. The molecule has 5 aromatic rings. The molecule has 1 saturated heterocycles. The van der Waals surface area contributed by atoms with E-state index in [1.807, 2.05) is 57.7 Å². The maximum atomic E-state index is 13.2. The highest BCUT2D eigenvalue weighted by Gasteiger charge is 2.65. The molecule has 3 aliphatic heterocycles. The summed E-state index contributed by atoms with van der Waals surface area (Å²) in [6.45, 7) is 2.04. The quantitative estimate of drug-likeness (QED) is 0.360. The summed E-state index contributed by atoms with van der Waals surface area (Å²) in [4.78, 5) is 25.7. The summed E-state index contributed by atoms with van der Waals surface area (Å²) >= 11 is 0. The minimum absolute atomic E-state index is 0.111. The molecule has 0 aliphatic carbocycles. The number of carboxylic acid groups (broad SMARTS) is 1. The van der Waals surface area contributed by atoms with Crippen molar-refractivity contribution < 1.29 is 24.5 Å². The molecule has 0 radical (unpaired) electrons. The second-order valence-corrected chi connectivity index (χ2v) is 9.65. The highest BCUT2D eigenvalue weighted by atomic mass is 16.6. The van der Waals surface area contributed by atoms with E-state index in [0.29, 0.717) is 12.1 Å². The lowest BCUT2D eigenvalue weighted by molar-refractivity contribution is -0.200. The fraction of sp³-hybridized carbons (Fsp3) is 0.231. The Kier molecular flexibility index (Phi) is 2.96. The number of aliphatic hydroxyl groups is 1. The Bertz CT molecular complexity index is 1810. The zero-order valence-corrected chi connectivity index (χ0v) is 18.1.